The van der Waals surface area contributed by atoms with Gasteiger partial charge in [-0.3, -0.25) is 9.89 Å². The Labute approximate surface area is 135 Å². The molecule has 0 spiro atoms. The van der Waals surface area contributed by atoms with Crippen LogP contribution in [0.4, 0.5) is 0 Å². The van der Waals surface area contributed by atoms with Crippen LogP contribution in [-0.4, -0.2) is 42.6 Å². The molecular weight excluding hydrogens is 292 g/mol. The van der Waals surface area contributed by atoms with Crippen molar-refractivity contribution in [3.8, 4) is 0 Å². The summed E-state index contributed by atoms with van der Waals surface area (Å²) in [5.74, 6) is 1.23. The highest BCUT2D eigenvalue weighted by molar-refractivity contribution is 5.78. The minimum absolute atomic E-state index is 0.00618. The number of carbonyl (C=O) groups is 1. The summed E-state index contributed by atoms with van der Waals surface area (Å²) in [6.45, 7) is 0.721. The lowest BCUT2D eigenvalue weighted by Gasteiger charge is -2.41. The number of nitrogens with zero attached hydrogens (tertiary/aromatic N) is 4. The van der Waals surface area contributed by atoms with Gasteiger partial charge >= 0.3 is 0 Å². The second-order valence-electron chi connectivity index (χ2n) is 6.48. The minimum atomic E-state index is 0.00618. The van der Waals surface area contributed by atoms with Gasteiger partial charge in [0.15, 0.2) is 0 Å². The summed E-state index contributed by atoms with van der Waals surface area (Å²) in [7, 11) is 2.00. The van der Waals surface area contributed by atoms with E-state index in [-0.39, 0.29) is 18.0 Å². The summed E-state index contributed by atoms with van der Waals surface area (Å²) in [6.07, 6.45) is 9.19. The van der Waals surface area contributed by atoms with Gasteiger partial charge in [-0.05, 0) is 25.3 Å². The van der Waals surface area contributed by atoms with Crippen molar-refractivity contribution in [2.45, 2.75) is 50.4 Å². The van der Waals surface area contributed by atoms with E-state index in [1.165, 1.54) is 0 Å². The van der Waals surface area contributed by atoms with Crippen molar-refractivity contribution in [3.05, 3.63) is 36.2 Å². The van der Waals surface area contributed by atoms with E-state index >= 15 is 0 Å². The molecule has 2 fully saturated rings. The Hall–Kier alpha value is -2.15. The monoisotopic (exact) mass is 314 g/mol. The zero-order valence-electron chi connectivity index (χ0n) is 13.3. The molecule has 1 saturated heterocycles. The van der Waals surface area contributed by atoms with Gasteiger partial charge in [-0.2, -0.15) is 5.10 Å². The molecule has 3 heterocycles. The molecule has 2 atom stereocenters. The van der Waals surface area contributed by atoms with Crippen LogP contribution in [0.25, 0.3) is 0 Å². The Balaban J connectivity index is 1.60. The Bertz CT molecular complexity index is 675. The number of aryl methyl sites for hydroxylation is 1. The third-order valence-corrected chi connectivity index (χ3v) is 4.81. The normalized spacial score (nSPS) is 25.1. The van der Waals surface area contributed by atoms with E-state index in [1.54, 1.807) is 6.20 Å². The molecule has 1 amide bonds. The average molecular weight is 314 g/mol. The van der Waals surface area contributed by atoms with Crippen LogP contribution < -0.4 is 5.32 Å². The van der Waals surface area contributed by atoms with Crippen molar-refractivity contribution in [1.29, 1.82) is 0 Å². The van der Waals surface area contributed by atoms with Crippen LogP contribution in [0.2, 0.25) is 0 Å². The second-order valence-corrected chi connectivity index (χ2v) is 6.48. The molecule has 0 unspecified atom stereocenters. The van der Waals surface area contributed by atoms with Crippen LogP contribution in [0.3, 0.4) is 0 Å². The molecular formula is C16H22N6O. The molecule has 0 radical (unpaired) electrons. The molecule has 0 aromatic carbocycles. The summed E-state index contributed by atoms with van der Waals surface area (Å²) in [4.78, 5) is 19.1. The molecule has 122 valence electrons. The van der Waals surface area contributed by atoms with Gasteiger partial charge in [0.25, 0.3) is 0 Å². The zero-order valence-corrected chi connectivity index (χ0v) is 13.3. The lowest BCUT2D eigenvalue weighted by Crippen LogP contribution is -2.52. The SMILES string of the molecule is Cn1ccnc1[C@H]1[C@H](NCc2ccn[nH]2)CCC(=O)N1C1CC1. The van der Waals surface area contributed by atoms with E-state index in [1.807, 2.05) is 30.1 Å². The van der Waals surface area contributed by atoms with Crippen molar-refractivity contribution in [1.82, 2.24) is 30.0 Å². The number of likely N-dealkylation sites (tertiary alicyclic amines) is 1. The molecule has 1 aliphatic heterocycles. The lowest BCUT2D eigenvalue weighted by atomic mass is 9.94. The maximum atomic E-state index is 12.5. The topological polar surface area (TPSA) is 78.8 Å². The van der Waals surface area contributed by atoms with Gasteiger partial charge in [-0.25, -0.2) is 4.98 Å². The number of rotatable bonds is 5. The molecule has 2 aromatic heterocycles. The molecule has 0 bridgehead atoms. The highest BCUT2D eigenvalue weighted by Crippen LogP contribution is 2.40. The minimum Gasteiger partial charge on any atom is -0.336 e. The number of hydrogen-bond acceptors (Lipinski definition) is 4. The van der Waals surface area contributed by atoms with Crippen LogP contribution in [0.15, 0.2) is 24.7 Å². The maximum absolute atomic E-state index is 12.5. The first kappa shape index (κ1) is 14.4. The predicted octanol–water partition coefficient (Wildman–Crippen LogP) is 1.13. The fourth-order valence-electron chi connectivity index (χ4n) is 3.50. The van der Waals surface area contributed by atoms with Gasteiger partial charge in [0.05, 0.1) is 0 Å². The van der Waals surface area contributed by atoms with Gasteiger partial charge in [0.2, 0.25) is 5.91 Å². The number of aromatic amines is 1. The van der Waals surface area contributed by atoms with Gasteiger partial charge < -0.3 is 14.8 Å². The van der Waals surface area contributed by atoms with E-state index < -0.39 is 0 Å². The molecule has 2 N–H and O–H groups in total. The average Bonchev–Trinajstić information content (AvgIpc) is 3.07. The predicted molar refractivity (Wildman–Crippen MR) is 84.3 cm³/mol. The summed E-state index contributed by atoms with van der Waals surface area (Å²) < 4.78 is 2.03. The summed E-state index contributed by atoms with van der Waals surface area (Å²) >= 11 is 0. The molecule has 7 heteroatoms. The van der Waals surface area contributed by atoms with Gasteiger partial charge in [-0.1, -0.05) is 0 Å². The fourth-order valence-corrected chi connectivity index (χ4v) is 3.50. The lowest BCUT2D eigenvalue weighted by molar-refractivity contribution is -0.139. The molecule has 2 aliphatic rings. The molecule has 2 aromatic rings. The molecule has 1 aliphatic carbocycles. The van der Waals surface area contributed by atoms with Crippen molar-refractivity contribution in [3.63, 3.8) is 0 Å². The van der Waals surface area contributed by atoms with Crippen LogP contribution >= 0.6 is 0 Å². The van der Waals surface area contributed by atoms with Crippen molar-refractivity contribution < 1.29 is 4.79 Å². The molecule has 23 heavy (non-hydrogen) atoms. The largest absolute Gasteiger partial charge is 0.336 e. The summed E-state index contributed by atoms with van der Waals surface area (Å²) in [5.41, 5.74) is 1.05. The summed E-state index contributed by atoms with van der Waals surface area (Å²) in [5, 5.41) is 10.6. The van der Waals surface area contributed by atoms with E-state index in [4.69, 9.17) is 0 Å². The smallest absolute Gasteiger partial charge is 0.223 e. The Morgan fingerprint density at radius 1 is 1.35 bits per heavy atom. The molecule has 4 rings (SSSR count). The van der Waals surface area contributed by atoms with E-state index in [9.17, 15) is 4.79 Å². The number of hydrogen-bond donors (Lipinski definition) is 2. The fraction of sp³-hybridized carbons (Fsp3) is 0.562. The van der Waals surface area contributed by atoms with E-state index in [0.717, 1.165) is 37.3 Å². The second kappa shape index (κ2) is 5.81. The Morgan fingerprint density at radius 2 is 2.22 bits per heavy atom. The first-order valence-corrected chi connectivity index (χ1v) is 8.24. The number of imidazole rings is 1. The van der Waals surface area contributed by atoms with E-state index in [0.29, 0.717) is 12.5 Å². The van der Waals surface area contributed by atoms with E-state index in [2.05, 4.69) is 25.4 Å². The molecule has 7 nitrogen and oxygen atoms in total. The van der Waals surface area contributed by atoms with Crippen LogP contribution in [0.1, 0.15) is 43.2 Å². The standard InChI is InChI=1S/C16H22N6O/c1-21-9-8-17-16(21)15-13(18-10-11-6-7-19-20-11)4-5-14(23)22(15)12-2-3-12/h6-9,12-13,15,18H,2-5,10H2,1H3,(H,19,20)/t13-,15-/m1/s1. The number of nitrogens with one attached hydrogen (secondary N) is 2. The third kappa shape index (κ3) is 2.76. The number of aromatic nitrogens is 4. The first-order chi connectivity index (χ1) is 11.2. The highest BCUT2D eigenvalue weighted by Gasteiger charge is 2.45. The summed E-state index contributed by atoms with van der Waals surface area (Å²) in [6, 6.07) is 2.57. The zero-order chi connectivity index (χ0) is 15.8. The van der Waals surface area contributed by atoms with Gasteiger partial charge in [0, 0.05) is 56.4 Å². The van der Waals surface area contributed by atoms with Crippen molar-refractivity contribution in [2.24, 2.45) is 7.05 Å². The van der Waals surface area contributed by atoms with Gasteiger partial charge in [-0.15, -0.1) is 0 Å². The third-order valence-electron chi connectivity index (χ3n) is 4.81. The number of H-pyrrole nitrogens is 1. The van der Waals surface area contributed by atoms with Crippen molar-refractivity contribution in [2.75, 3.05) is 0 Å². The maximum Gasteiger partial charge on any atom is 0.223 e. The number of carbonyl (C=O) groups excluding carboxylic acids is 1. The Morgan fingerprint density at radius 3 is 2.87 bits per heavy atom. The Kier molecular flexibility index (Phi) is 3.65. The first-order valence-electron chi connectivity index (χ1n) is 8.24. The van der Waals surface area contributed by atoms with Gasteiger partial charge in [0.1, 0.15) is 11.9 Å². The number of amides is 1. The van der Waals surface area contributed by atoms with Crippen LogP contribution in [0.5, 0.6) is 0 Å². The number of piperidine rings is 1. The highest BCUT2D eigenvalue weighted by atomic mass is 16.2. The van der Waals surface area contributed by atoms with Crippen molar-refractivity contribution >= 4 is 5.91 Å². The van der Waals surface area contributed by atoms with Crippen LogP contribution in [-0.2, 0) is 18.4 Å². The molecule has 1 saturated carbocycles. The van der Waals surface area contributed by atoms with Crippen LogP contribution in [0, 0.1) is 0 Å². The quantitative estimate of drug-likeness (QED) is 0.867.